The van der Waals surface area contributed by atoms with Gasteiger partial charge in [0.05, 0.1) is 17.7 Å². The lowest BCUT2D eigenvalue weighted by Gasteiger charge is -2.27. The maximum absolute atomic E-state index is 9.29. The normalized spacial score (nSPS) is 15.6. The SMILES string of the molecule is COc1cccc(C2=C(C#N)C(Cl)=C(Cl)N(C)C2)c1. The molecule has 2 rings (SSSR count). The van der Waals surface area contributed by atoms with Gasteiger partial charge in [-0.15, -0.1) is 0 Å². The van der Waals surface area contributed by atoms with Gasteiger partial charge in [0.1, 0.15) is 17.0 Å². The van der Waals surface area contributed by atoms with Gasteiger partial charge in [-0.05, 0) is 23.3 Å². The second kappa shape index (κ2) is 5.56. The van der Waals surface area contributed by atoms with Crippen molar-refractivity contribution in [3.63, 3.8) is 0 Å². The van der Waals surface area contributed by atoms with Crippen molar-refractivity contribution in [1.82, 2.24) is 4.90 Å². The molecule has 1 aliphatic rings. The minimum absolute atomic E-state index is 0.288. The van der Waals surface area contributed by atoms with Crippen LogP contribution in [0.2, 0.25) is 0 Å². The zero-order valence-corrected chi connectivity index (χ0v) is 12.1. The first-order valence-electron chi connectivity index (χ1n) is 5.63. The van der Waals surface area contributed by atoms with Gasteiger partial charge in [-0.2, -0.15) is 5.26 Å². The number of nitriles is 1. The molecule has 1 heterocycles. The van der Waals surface area contributed by atoms with Gasteiger partial charge in [-0.3, -0.25) is 0 Å². The Morgan fingerprint density at radius 2 is 2.11 bits per heavy atom. The van der Waals surface area contributed by atoms with Crippen molar-refractivity contribution in [2.24, 2.45) is 0 Å². The highest BCUT2D eigenvalue weighted by atomic mass is 35.5. The summed E-state index contributed by atoms with van der Waals surface area (Å²) in [4.78, 5) is 1.81. The van der Waals surface area contributed by atoms with Crippen LogP contribution in [0.15, 0.2) is 40.0 Å². The number of ether oxygens (including phenoxy) is 1. The third-order valence-corrected chi connectivity index (χ3v) is 3.91. The van der Waals surface area contributed by atoms with Gasteiger partial charge in [0.25, 0.3) is 0 Å². The number of methoxy groups -OCH3 is 1. The lowest BCUT2D eigenvalue weighted by atomic mass is 9.97. The fraction of sp³-hybridized carbons (Fsp3) is 0.214. The molecule has 5 heteroatoms. The largest absolute Gasteiger partial charge is 0.497 e. The summed E-state index contributed by atoms with van der Waals surface area (Å²) in [7, 11) is 3.44. The summed E-state index contributed by atoms with van der Waals surface area (Å²) in [5, 5.41) is 9.97. The van der Waals surface area contributed by atoms with Crippen LogP contribution in [0, 0.1) is 11.3 Å². The molecule has 0 aliphatic carbocycles. The van der Waals surface area contributed by atoms with Crippen molar-refractivity contribution in [3.8, 4) is 11.8 Å². The van der Waals surface area contributed by atoms with Crippen molar-refractivity contribution in [1.29, 1.82) is 5.26 Å². The summed E-state index contributed by atoms with van der Waals surface area (Å²) in [5.41, 5.74) is 2.17. The number of hydrogen-bond donors (Lipinski definition) is 0. The first-order valence-corrected chi connectivity index (χ1v) is 6.38. The van der Waals surface area contributed by atoms with Crippen molar-refractivity contribution in [3.05, 3.63) is 45.6 Å². The predicted molar refractivity (Wildman–Crippen MR) is 76.9 cm³/mol. The van der Waals surface area contributed by atoms with E-state index in [0.717, 1.165) is 16.9 Å². The Labute approximate surface area is 122 Å². The third kappa shape index (κ3) is 2.56. The van der Waals surface area contributed by atoms with E-state index in [1.807, 2.05) is 31.3 Å². The summed E-state index contributed by atoms with van der Waals surface area (Å²) in [6.45, 7) is 0.533. The molecule has 0 fully saturated rings. The molecule has 0 saturated carbocycles. The number of allylic oxidation sites excluding steroid dienone is 2. The molecule has 3 nitrogen and oxygen atoms in total. The van der Waals surface area contributed by atoms with Gasteiger partial charge in [-0.1, -0.05) is 35.3 Å². The van der Waals surface area contributed by atoms with Crippen molar-refractivity contribution in [2.75, 3.05) is 20.7 Å². The summed E-state index contributed by atoms with van der Waals surface area (Å²) < 4.78 is 5.20. The Kier molecular flexibility index (Phi) is 4.04. The topological polar surface area (TPSA) is 36.3 Å². The second-order valence-corrected chi connectivity index (χ2v) is 4.89. The number of hydrogen-bond acceptors (Lipinski definition) is 3. The van der Waals surface area contributed by atoms with Crippen LogP contribution in [-0.4, -0.2) is 25.6 Å². The molecule has 0 spiro atoms. The van der Waals surface area contributed by atoms with Crippen LogP contribution in [0.25, 0.3) is 5.57 Å². The Morgan fingerprint density at radius 3 is 2.74 bits per heavy atom. The van der Waals surface area contributed by atoms with Gasteiger partial charge in [-0.25, -0.2) is 0 Å². The highest BCUT2D eigenvalue weighted by Crippen LogP contribution is 2.36. The zero-order valence-electron chi connectivity index (χ0n) is 10.6. The summed E-state index contributed by atoms with van der Waals surface area (Å²) in [5.74, 6) is 0.738. The summed E-state index contributed by atoms with van der Waals surface area (Å²) in [6, 6.07) is 9.66. The van der Waals surface area contributed by atoms with Gasteiger partial charge in [0.2, 0.25) is 0 Å². The van der Waals surface area contributed by atoms with Crippen molar-refractivity contribution < 1.29 is 4.74 Å². The average molecular weight is 295 g/mol. The minimum Gasteiger partial charge on any atom is -0.497 e. The standard InChI is InChI=1S/C14H12Cl2N2O/c1-18-8-12(11(7-17)13(15)14(18)16)9-4-3-5-10(6-9)19-2/h3-6H,8H2,1-2H3. The molecule has 1 aliphatic heterocycles. The van der Waals surface area contributed by atoms with E-state index in [2.05, 4.69) is 6.07 Å². The number of nitrogens with zero attached hydrogens (tertiary/aromatic N) is 2. The fourth-order valence-electron chi connectivity index (χ4n) is 1.95. The van der Waals surface area contributed by atoms with Gasteiger partial charge >= 0.3 is 0 Å². The van der Waals surface area contributed by atoms with Crippen LogP contribution < -0.4 is 4.74 Å². The number of rotatable bonds is 2. The summed E-state index contributed by atoms with van der Waals surface area (Å²) >= 11 is 12.2. The molecule has 0 radical (unpaired) electrons. The Hall–Kier alpha value is -1.63. The molecule has 0 amide bonds. The molecule has 1 aromatic rings. The molecule has 0 atom stereocenters. The first-order chi connectivity index (χ1) is 9.08. The highest BCUT2D eigenvalue weighted by Gasteiger charge is 2.24. The maximum Gasteiger partial charge on any atom is 0.125 e. The lowest BCUT2D eigenvalue weighted by molar-refractivity contribution is 0.414. The van der Waals surface area contributed by atoms with Gasteiger partial charge < -0.3 is 9.64 Å². The molecular formula is C14H12Cl2N2O. The smallest absolute Gasteiger partial charge is 0.125 e. The Morgan fingerprint density at radius 1 is 1.37 bits per heavy atom. The molecule has 0 saturated heterocycles. The van der Waals surface area contributed by atoms with Crippen LogP contribution in [0.5, 0.6) is 5.75 Å². The predicted octanol–water partition coefficient (Wildman–Crippen LogP) is 3.56. The number of likely N-dealkylation sites (N-methyl/N-ethyl adjacent to an activating group) is 1. The van der Waals surface area contributed by atoms with E-state index in [0.29, 0.717) is 17.3 Å². The monoisotopic (exact) mass is 294 g/mol. The van der Waals surface area contributed by atoms with Gasteiger partial charge in [0.15, 0.2) is 0 Å². The molecular weight excluding hydrogens is 283 g/mol. The first kappa shape index (κ1) is 13.8. The average Bonchev–Trinajstić information content (AvgIpc) is 2.44. The molecule has 0 bridgehead atoms. The van der Waals surface area contributed by atoms with Crippen LogP contribution in [-0.2, 0) is 0 Å². The number of benzene rings is 1. The van der Waals surface area contributed by atoms with E-state index in [1.54, 1.807) is 12.0 Å². The van der Waals surface area contributed by atoms with Crippen molar-refractivity contribution >= 4 is 28.8 Å². The Bertz CT molecular complexity index is 614. The molecule has 19 heavy (non-hydrogen) atoms. The molecule has 0 N–H and O–H groups in total. The Balaban J connectivity index is 2.58. The third-order valence-electron chi connectivity index (χ3n) is 2.96. The molecule has 0 aromatic heterocycles. The fourth-order valence-corrected chi connectivity index (χ4v) is 2.41. The van der Waals surface area contributed by atoms with E-state index in [9.17, 15) is 5.26 Å². The zero-order chi connectivity index (χ0) is 14.0. The van der Waals surface area contributed by atoms with Crippen LogP contribution >= 0.6 is 23.2 Å². The molecule has 98 valence electrons. The number of halogens is 2. The van der Waals surface area contributed by atoms with E-state index < -0.39 is 0 Å². The van der Waals surface area contributed by atoms with Crippen LogP contribution in [0.1, 0.15) is 5.56 Å². The molecule has 0 unspecified atom stereocenters. The molecule has 1 aromatic carbocycles. The van der Waals surface area contributed by atoms with Crippen LogP contribution in [0.3, 0.4) is 0 Å². The quantitative estimate of drug-likeness (QED) is 0.783. The van der Waals surface area contributed by atoms with E-state index in [-0.39, 0.29) is 5.03 Å². The maximum atomic E-state index is 9.29. The van der Waals surface area contributed by atoms with Crippen LogP contribution in [0.4, 0.5) is 0 Å². The summed E-state index contributed by atoms with van der Waals surface area (Å²) in [6.07, 6.45) is 0. The van der Waals surface area contributed by atoms with E-state index in [1.165, 1.54) is 0 Å². The second-order valence-electron chi connectivity index (χ2n) is 4.16. The van der Waals surface area contributed by atoms with E-state index >= 15 is 0 Å². The minimum atomic E-state index is 0.288. The van der Waals surface area contributed by atoms with E-state index in [4.69, 9.17) is 27.9 Å². The van der Waals surface area contributed by atoms with Gasteiger partial charge in [0, 0.05) is 13.6 Å². The highest BCUT2D eigenvalue weighted by molar-refractivity contribution is 6.41. The van der Waals surface area contributed by atoms with Crippen molar-refractivity contribution in [2.45, 2.75) is 0 Å². The lowest BCUT2D eigenvalue weighted by Crippen LogP contribution is -2.23.